The highest BCUT2D eigenvalue weighted by atomic mass is 32.1. The lowest BCUT2D eigenvalue weighted by Gasteiger charge is -2.10. The van der Waals surface area contributed by atoms with Gasteiger partial charge in [0, 0.05) is 28.9 Å². The average molecular weight is 463 g/mol. The summed E-state index contributed by atoms with van der Waals surface area (Å²) >= 11 is 1.25. The molecule has 3 amide bonds. The molecule has 7 nitrogen and oxygen atoms in total. The number of nitrogens with one attached hydrogen (secondary N) is 2. The van der Waals surface area contributed by atoms with E-state index in [2.05, 4.69) is 15.6 Å². The predicted molar refractivity (Wildman–Crippen MR) is 126 cm³/mol. The van der Waals surface area contributed by atoms with Gasteiger partial charge in [-0.3, -0.25) is 9.78 Å². The molecule has 4 rings (SSSR count). The zero-order valence-electron chi connectivity index (χ0n) is 17.5. The molecule has 166 valence electrons. The van der Waals surface area contributed by atoms with Gasteiger partial charge in [-0.25, -0.2) is 9.18 Å². The van der Waals surface area contributed by atoms with Crippen LogP contribution in [0.3, 0.4) is 0 Å². The number of aryl methyl sites for hydroxylation is 1. The number of hydrogen-bond acceptors (Lipinski definition) is 5. The Morgan fingerprint density at radius 1 is 1.00 bits per heavy atom. The topological polar surface area (TPSA) is 106 Å². The van der Waals surface area contributed by atoms with E-state index in [9.17, 15) is 14.0 Å². The van der Waals surface area contributed by atoms with Crippen LogP contribution in [0.5, 0.6) is 11.5 Å². The Hall–Kier alpha value is -4.24. The SMILES string of the molecule is Cc1ccc(F)c(NC(=O)Nc2ccc(Oc3ccnc(-c4csc(C(N)=O)c4)c3)cc2)c1. The standard InChI is InChI=1S/C24H19FN4O3S/c1-14-2-7-19(25)21(10-14)29-24(31)28-16-3-5-17(6-4-16)32-18-8-9-27-20(12-18)15-11-22(23(26)30)33-13-15/h2-13H,1H3,(H2,26,30)(H2,28,29,31). The molecule has 0 fully saturated rings. The smallest absolute Gasteiger partial charge is 0.323 e. The van der Waals surface area contributed by atoms with Crippen molar-refractivity contribution in [2.45, 2.75) is 6.92 Å². The number of pyridine rings is 1. The van der Waals surface area contributed by atoms with Gasteiger partial charge in [0.05, 0.1) is 16.3 Å². The summed E-state index contributed by atoms with van der Waals surface area (Å²) in [5.74, 6) is 0.112. The Balaban J connectivity index is 1.40. The predicted octanol–water partition coefficient (Wildman–Crippen LogP) is 5.79. The first-order valence-electron chi connectivity index (χ1n) is 9.84. The van der Waals surface area contributed by atoms with Gasteiger partial charge in [-0.1, -0.05) is 6.07 Å². The van der Waals surface area contributed by atoms with Crippen molar-refractivity contribution in [3.63, 3.8) is 0 Å². The maximum Gasteiger partial charge on any atom is 0.323 e. The molecule has 33 heavy (non-hydrogen) atoms. The summed E-state index contributed by atoms with van der Waals surface area (Å²) < 4.78 is 19.7. The second kappa shape index (κ2) is 9.49. The Morgan fingerprint density at radius 3 is 2.52 bits per heavy atom. The number of carbonyl (C=O) groups is 2. The summed E-state index contributed by atoms with van der Waals surface area (Å²) in [4.78, 5) is 28.3. The first kappa shape index (κ1) is 22.0. The molecule has 0 aliphatic rings. The summed E-state index contributed by atoms with van der Waals surface area (Å²) in [6.07, 6.45) is 1.61. The van der Waals surface area contributed by atoms with E-state index in [0.29, 0.717) is 27.8 Å². The molecular weight excluding hydrogens is 443 g/mol. The summed E-state index contributed by atoms with van der Waals surface area (Å²) in [6, 6.07) is 15.8. The van der Waals surface area contributed by atoms with Crippen LogP contribution in [0, 0.1) is 12.7 Å². The van der Waals surface area contributed by atoms with Crippen LogP contribution in [-0.2, 0) is 0 Å². The second-order valence-corrected chi connectivity index (χ2v) is 8.04. The summed E-state index contributed by atoms with van der Waals surface area (Å²) in [6.45, 7) is 1.81. The highest BCUT2D eigenvalue weighted by molar-refractivity contribution is 7.12. The Morgan fingerprint density at radius 2 is 1.79 bits per heavy atom. The number of amides is 3. The first-order chi connectivity index (χ1) is 15.9. The van der Waals surface area contributed by atoms with E-state index < -0.39 is 17.8 Å². The van der Waals surface area contributed by atoms with Crippen molar-refractivity contribution in [2.24, 2.45) is 5.73 Å². The molecule has 0 aliphatic heterocycles. The number of halogens is 1. The molecule has 0 atom stereocenters. The van der Waals surface area contributed by atoms with Crippen molar-refractivity contribution in [1.82, 2.24) is 4.98 Å². The van der Waals surface area contributed by atoms with Crippen LogP contribution in [0.15, 0.2) is 72.2 Å². The van der Waals surface area contributed by atoms with Gasteiger partial charge in [-0.15, -0.1) is 11.3 Å². The Kier molecular flexibility index (Phi) is 6.32. The van der Waals surface area contributed by atoms with Gasteiger partial charge in [-0.05, 0) is 61.0 Å². The van der Waals surface area contributed by atoms with Gasteiger partial charge in [0.15, 0.2) is 0 Å². The van der Waals surface area contributed by atoms with E-state index in [-0.39, 0.29) is 5.69 Å². The van der Waals surface area contributed by atoms with Gasteiger partial charge in [0.25, 0.3) is 5.91 Å². The van der Waals surface area contributed by atoms with E-state index in [4.69, 9.17) is 10.5 Å². The van der Waals surface area contributed by atoms with Gasteiger partial charge in [-0.2, -0.15) is 0 Å². The van der Waals surface area contributed by atoms with Gasteiger partial charge < -0.3 is 21.1 Å². The monoisotopic (exact) mass is 462 g/mol. The van der Waals surface area contributed by atoms with Crippen LogP contribution in [0.2, 0.25) is 0 Å². The van der Waals surface area contributed by atoms with Crippen LogP contribution in [0.25, 0.3) is 11.3 Å². The molecular formula is C24H19FN4O3S. The molecule has 2 aromatic carbocycles. The highest BCUT2D eigenvalue weighted by Crippen LogP contribution is 2.29. The number of benzene rings is 2. The number of primary amides is 1. The number of nitrogens with zero attached hydrogens (tertiary/aromatic N) is 1. The maximum absolute atomic E-state index is 13.8. The van der Waals surface area contributed by atoms with E-state index in [1.165, 1.54) is 17.4 Å². The fraction of sp³-hybridized carbons (Fsp3) is 0.0417. The van der Waals surface area contributed by atoms with Gasteiger partial charge in [0.2, 0.25) is 0 Å². The van der Waals surface area contributed by atoms with E-state index in [1.807, 2.05) is 6.92 Å². The molecule has 0 unspecified atom stereocenters. The van der Waals surface area contributed by atoms with Gasteiger partial charge >= 0.3 is 6.03 Å². The van der Waals surface area contributed by atoms with Crippen molar-refractivity contribution in [3.8, 4) is 22.8 Å². The van der Waals surface area contributed by atoms with Gasteiger partial charge in [0.1, 0.15) is 17.3 Å². The second-order valence-electron chi connectivity index (χ2n) is 7.13. The lowest BCUT2D eigenvalue weighted by atomic mass is 10.2. The number of anilines is 2. The minimum Gasteiger partial charge on any atom is -0.457 e. The lowest BCUT2D eigenvalue weighted by molar-refractivity contribution is 0.100. The van der Waals surface area contributed by atoms with Crippen molar-refractivity contribution in [1.29, 1.82) is 0 Å². The fourth-order valence-electron chi connectivity index (χ4n) is 2.99. The third-order valence-electron chi connectivity index (χ3n) is 4.59. The van der Waals surface area contributed by atoms with Crippen LogP contribution in [0.1, 0.15) is 15.2 Å². The number of rotatable bonds is 6. The summed E-state index contributed by atoms with van der Waals surface area (Å²) in [7, 11) is 0. The van der Waals surface area contributed by atoms with Crippen molar-refractivity contribution in [2.75, 3.05) is 10.6 Å². The molecule has 0 saturated carbocycles. The number of urea groups is 1. The molecule has 4 N–H and O–H groups in total. The molecule has 9 heteroatoms. The number of ether oxygens (including phenoxy) is 1. The molecule has 2 heterocycles. The largest absolute Gasteiger partial charge is 0.457 e. The minimum atomic E-state index is -0.557. The summed E-state index contributed by atoms with van der Waals surface area (Å²) in [5, 5.41) is 6.95. The fourth-order valence-corrected chi connectivity index (χ4v) is 3.75. The van der Waals surface area contributed by atoms with Crippen molar-refractivity contribution < 1.29 is 18.7 Å². The zero-order valence-corrected chi connectivity index (χ0v) is 18.3. The minimum absolute atomic E-state index is 0.106. The van der Waals surface area contributed by atoms with Crippen LogP contribution < -0.4 is 21.1 Å². The molecule has 0 saturated heterocycles. The number of thiophene rings is 1. The normalized spacial score (nSPS) is 10.5. The Bertz CT molecular complexity index is 1320. The third-order valence-corrected chi connectivity index (χ3v) is 5.53. The maximum atomic E-state index is 13.8. The van der Waals surface area contributed by atoms with Crippen LogP contribution >= 0.6 is 11.3 Å². The Labute approximate surface area is 193 Å². The summed E-state index contributed by atoms with van der Waals surface area (Å²) in [5.41, 5.74) is 8.18. The third kappa shape index (κ3) is 5.52. The van der Waals surface area contributed by atoms with E-state index >= 15 is 0 Å². The highest BCUT2D eigenvalue weighted by Gasteiger charge is 2.10. The molecule has 0 radical (unpaired) electrons. The number of hydrogen-bond donors (Lipinski definition) is 3. The molecule has 0 bridgehead atoms. The molecule has 2 aromatic heterocycles. The van der Waals surface area contributed by atoms with E-state index in [0.717, 1.165) is 11.1 Å². The van der Waals surface area contributed by atoms with Crippen molar-refractivity contribution >= 4 is 34.6 Å². The number of nitrogens with two attached hydrogens (primary N) is 1. The number of aromatic nitrogens is 1. The zero-order chi connectivity index (χ0) is 23.4. The molecule has 0 aliphatic carbocycles. The molecule has 4 aromatic rings. The number of carbonyl (C=O) groups excluding carboxylic acids is 2. The van der Waals surface area contributed by atoms with Crippen LogP contribution in [0.4, 0.5) is 20.6 Å². The van der Waals surface area contributed by atoms with Crippen molar-refractivity contribution in [3.05, 3.63) is 88.5 Å². The quantitative estimate of drug-likeness (QED) is 0.337. The lowest BCUT2D eigenvalue weighted by Crippen LogP contribution is -2.20. The van der Waals surface area contributed by atoms with E-state index in [1.54, 1.807) is 66.2 Å². The molecule has 0 spiro atoms. The van der Waals surface area contributed by atoms with Crippen LogP contribution in [-0.4, -0.2) is 16.9 Å². The average Bonchev–Trinajstić information content (AvgIpc) is 3.29. The first-order valence-corrected chi connectivity index (χ1v) is 10.7.